The van der Waals surface area contributed by atoms with Gasteiger partial charge in [-0.2, -0.15) is 0 Å². The molecule has 0 bridgehead atoms. The van der Waals surface area contributed by atoms with Gasteiger partial charge in [0.15, 0.2) is 0 Å². The molecule has 0 aromatic heterocycles. The van der Waals surface area contributed by atoms with Gasteiger partial charge in [0.2, 0.25) is 5.91 Å². The van der Waals surface area contributed by atoms with E-state index in [1.807, 2.05) is 4.90 Å². The highest BCUT2D eigenvalue weighted by molar-refractivity contribution is 5.84. The number of nitrogens with zero attached hydrogens (tertiary/aromatic N) is 3. The Morgan fingerprint density at radius 3 is 2.00 bits per heavy atom. The summed E-state index contributed by atoms with van der Waals surface area (Å²) < 4.78 is 0. The Morgan fingerprint density at radius 1 is 1.11 bits per heavy atom. The van der Waals surface area contributed by atoms with Crippen LogP contribution in [0.5, 0.6) is 0 Å². The quantitative estimate of drug-likeness (QED) is 0.763. The first-order valence-electron chi connectivity index (χ1n) is 6.96. The molecule has 0 atom stereocenters. The summed E-state index contributed by atoms with van der Waals surface area (Å²) in [5, 5.41) is 0. The molecule has 0 radical (unpaired) electrons. The molecule has 1 saturated carbocycles. The van der Waals surface area contributed by atoms with Crippen LogP contribution in [-0.4, -0.2) is 73.5 Å². The molecule has 3 amide bonds. The Bertz CT molecular complexity index is 352. The molecule has 2 aliphatic rings. The summed E-state index contributed by atoms with van der Waals surface area (Å²) in [6.07, 6.45) is 2.93. The molecule has 19 heavy (non-hydrogen) atoms. The predicted octanol–water partition coefficient (Wildman–Crippen LogP) is -0.0588. The molecule has 0 spiro atoms. The van der Waals surface area contributed by atoms with Crippen molar-refractivity contribution < 1.29 is 9.59 Å². The Balaban J connectivity index is 1.90. The summed E-state index contributed by atoms with van der Waals surface area (Å²) in [6, 6.07) is 0.0179. The fourth-order valence-electron chi connectivity index (χ4n) is 2.83. The molecule has 1 aliphatic heterocycles. The van der Waals surface area contributed by atoms with Crippen LogP contribution in [0.1, 0.15) is 19.3 Å². The van der Waals surface area contributed by atoms with Gasteiger partial charge in [0.25, 0.3) is 0 Å². The van der Waals surface area contributed by atoms with E-state index < -0.39 is 0 Å². The lowest BCUT2D eigenvalue weighted by Crippen LogP contribution is -2.58. The highest BCUT2D eigenvalue weighted by Gasteiger charge is 2.45. The lowest BCUT2D eigenvalue weighted by Gasteiger charge is -2.45. The van der Waals surface area contributed by atoms with Crippen LogP contribution in [0, 0.1) is 5.41 Å². The summed E-state index contributed by atoms with van der Waals surface area (Å²) in [7, 11) is 3.50. The third-order valence-corrected chi connectivity index (χ3v) is 4.38. The van der Waals surface area contributed by atoms with Crippen molar-refractivity contribution in [2.45, 2.75) is 19.3 Å². The minimum atomic E-state index is -0.298. The molecule has 2 rings (SSSR count). The molecule has 1 heterocycles. The number of nitrogens with two attached hydrogens (primary N) is 1. The van der Waals surface area contributed by atoms with Crippen LogP contribution in [0.4, 0.5) is 4.79 Å². The second-order valence-corrected chi connectivity index (χ2v) is 5.79. The number of urea groups is 1. The van der Waals surface area contributed by atoms with Gasteiger partial charge >= 0.3 is 6.03 Å². The average Bonchev–Trinajstić information content (AvgIpc) is 2.37. The Kier molecular flexibility index (Phi) is 3.99. The molecule has 2 N–H and O–H groups in total. The first-order chi connectivity index (χ1) is 9.00. The summed E-state index contributed by atoms with van der Waals surface area (Å²) in [6.45, 7) is 2.93. The van der Waals surface area contributed by atoms with Gasteiger partial charge in [0.05, 0.1) is 5.41 Å². The third-order valence-electron chi connectivity index (χ3n) is 4.38. The van der Waals surface area contributed by atoms with Crippen LogP contribution in [0.25, 0.3) is 0 Å². The molecule has 108 valence electrons. The van der Waals surface area contributed by atoms with Crippen LogP contribution in [-0.2, 0) is 4.79 Å². The normalized spacial score (nSPS) is 21.8. The highest BCUT2D eigenvalue weighted by atomic mass is 16.2. The molecule has 0 aromatic rings. The maximum atomic E-state index is 12.5. The lowest BCUT2D eigenvalue weighted by atomic mass is 9.67. The number of carbonyl (C=O) groups excluding carboxylic acids is 2. The van der Waals surface area contributed by atoms with Gasteiger partial charge in [-0.1, -0.05) is 6.42 Å². The molecular formula is C13H24N4O2. The van der Waals surface area contributed by atoms with E-state index in [-0.39, 0.29) is 17.4 Å². The topological polar surface area (TPSA) is 69.9 Å². The van der Waals surface area contributed by atoms with E-state index >= 15 is 0 Å². The van der Waals surface area contributed by atoms with Gasteiger partial charge in [0, 0.05) is 46.8 Å². The second-order valence-electron chi connectivity index (χ2n) is 5.79. The van der Waals surface area contributed by atoms with Crippen molar-refractivity contribution in [2.75, 3.05) is 46.8 Å². The number of hydrogen-bond acceptors (Lipinski definition) is 3. The van der Waals surface area contributed by atoms with E-state index in [0.717, 1.165) is 19.3 Å². The maximum absolute atomic E-state index is 12.5. The van der Waals surface area contributed by atoms with E-state index in [1.54, 1.807) is 23.9 Å². The maximum Gasteiger partial charge on any atom is 0.319 e. The van der Waals surface area contributed by atoms with Gasteiger partial charge in [-0.05, 0) is 12.8 Å². The van der Waals surface area contributed by atoms with Crippen molar-refractivity contribution in [3.63, 3.8) is 0 Å². The van der Waals surface area contributed by atoms with Crippen LogP contribution in [0.3, 0.4) is 0 Å². The number of rotatable bonds is 2. The van der Waals surface area contributed by atoms with Gasteiger partial charge in [-0.3, -0.25) is 4.79 Å². The Hall–Kier alpha value is -1.30. The molecule has 0 aromatic carbocycles. The first-order valence-corrected chi connectivity index (χ1v) is 6.96. The van der Waals surface area contributed by atoms with Gasteiger partial charge < -0.3 is 20.4 Å². The average molecular weight is 268 g/mol. The van der Waals surface area contributed by atoms with Crippen molar-refractivity contribution in [3.8, 4) is 0 Å². The van der Waals surface area contributed by atoms with Gasteiger partial charge in [-0.25, -0.2) is 4.79 Å². The minimum absolute atomic E-state index is 0.0179. The smallest absolute Gasteiger partial charge is 0.319 e. The van der Waals surface area contributed by atoms with E-state index in [0.29, 0.717) is 32.7 Å². The van der Waals surface area contributed by atoms with Crippen LogP contribution in [0.2, 0.25) is 0 Å². The number of carbonyl (C=O) groups is 2. The van der Waals surface area contributed by atoms with Crippen molar-refractivity contribution in [1.82, 2.24) is 14.7 Å². The lowest BCUT2D eigenvalue weighted by molar-refractivity contribution is -0.148. The van der Waals surface area contributed by atoms with Crippen molar-refractivity contribution in [1.29, 1.82) is 0 Å². The van der Waals surface area contributed by atoms with Crippen LogP contribution >= 0.6 is 0 Å². The Labute approximate surface area is 114 Å². The minimum Gasteiger partial charge on any atom is -0.339 e. The monoisotopic (exact) mass is 268 g/mol. The molecule has 6 nitrogen and oxygen atoms in total. The van der Waals surface area contributed by atoms with Crippen LogP contribution in [0.15, 0.2) is 0 Å². The summed E-state index contributed by atoms with van der Waals surface area (Å²) >= 11 is 0. The summed E-state index contributed by atoms with van der Waals surface area (Å²) in [4.78, 5) is 29.5. The molecule has 1 saturated heterocycles. The zero-order valence-corrected chi connectivity index (χ0v) is 11.9. The fraction of sp³-hybridized carbons (Fsp3) is 0.846. The zero-order chi connectivity index (χ0) is 14.0. The second kappa shape index (κ2) is 5.36. The predicted molar refractivity (Wildman–Crippen MR) is 72.6 cm³/mol. The van der Waals surface area contributed by atoms with Crippen molar-refractivity contribution >= 4 is 11.9 Å². The van der Waals surface area contributed by atoms with Gasteiger partial charge in [-0.15, -0.1) is 0 Å². The highest BCUT2D eigenvalue weighted by Crippen LogP contribution is 2.41. The first kappa shape index (κ1) is 14.1. The van der Waals surface area contributed by atoms with Gasteiger partial charge in [0.1, 0.15) is 0 Å². The zero-order valence-electron chi connectivity index (χ0n) is 11.9. The third kappa shape index (κ3) is 2.54. The van der Waals surface area contributed by atoms with E-state index in [2.05, 4.69) is 0 Å². The number of amides is 3. The van der Waals surface area contributed by atoms with E-state index in [9.17, 15) is 9.59 Å². The molecule has 0 unspecified atom stereocenters. The number of piperazine rings is 1. The van der Waals surface area contributed by atoms with Crippen molar-refractivity contribution in [3.05, 3.63) is 0 Å². The Morgan fingerprint density at radius 2 is 1.63 bits per heavy atom. The summed E-state index contributed by atoms with van der Waals surface area (Å²) in [5.41, 5.74) is 5.48. The molecule has 6 heteroatoms. The fourth-order valence-corrected chi connectivity index (χ4v) is 2.83. The van der Waals surface area contributed by atoms with E-state index in [4.69, 9.17) is 5.73 Å². The van der Waals surface area contributed by atoms with E-state index in [1.165, 1.54) is 0 Å². The molecular weight excluding hydrogens is 244 g/mol. The number of hydrogen-bond donors (Lipinski definition) is 1. The standard InChI is InChI=1S/C13H24N4O2/c1-15(2)12(19)17-8-6-16(7-9-17)11(18)13(10-14)4-3-5-13/h3-10,14H2,1-2H3. The molecule has 2 fully saturated rings. The van der Waals surface area contributed by atoms with Crippen molar-refractivity contribution in [2.24, 2.45) is 11.1 Å². The van der Waals surface area contributed by atoms with Crippen LogP contribution < -0.4 is 5.73 Å². The largest absolute Gasteiger partial charge is 0.339 e. The SMILES string of the molecule is CN(C)C(=O)N1CCN(C(=O)C2(CN)CCC2)CC1. The molecule has 1 aliphatic carbocycles. The summed E-state index contributed by atoms with van der Waals surface area (Å²) in [5.74, 6) is 0.193.